The quantitative estimate of drug-likeness (QED) is 0.315. The fourth-order valence-electron chi connectivity index (χ4n) is 3.87. The fourth-order valence-corrected chi connectivity index (χ4v) is 4.00. The lowest BCUT2D eigenvalue weighted by molar-refractivity contribution is -0.145. The molecule has 6 nitrogen and oxygen atoms in total. The summed E-state index contributed by atoms with van der Waals surface area (Å²) in [6.45, 7) is 0.340. The van der Waals surface area contributed by atoms with Crippen molar-refractivity contribution in [1.29, 1.82) is 0 Å². The lowest BCUT2D eigenvalue weighted by atomic mass is 10.0. The normalized spacial score (nSPS) is 15.0. The standard InChI is InChI=1S/C26H20ClF3N4O2/c1-35-23-13-18(9-12-22(23)36-15-16-5-3-2-4-6-16)21-14-20(17-7-10-19(27)11-8-17)31-25-32-24(26(28,29)30)33-34(21)25/h2-14,21H,15H2,1H3,(H,31,32,33). The number of ether oxygens (including phenoxy) is 2. The first-order valence-electron chi connectivity index (χ1n) is 10.9. The second kappa shape index (κ2) is 9.58. The van der Waals surface area contributed by atoms with E-state index in [0.717, 1.165) is 11.1 Å². The molecule has 1 unspecified atom stereocenters. The second-order valence-electron chi connectivity index (χ2n) is 8.04. The van der Waals surface area contributed by atoms with Gasteiger partial charge in [0.05, 0.1) is 7.11 Å². The molecule has 36 heavy (non-hydrogen) atoms. The molecule has 0 radical (unpaired) electrons. The van der Waals surface area contributed by atoms with Crippen molar-refractivity contribution < 1.29 is 22.6 Å². The number of nitrogens with zero attached hydrogens (tertiary/aromatic N) is 3. The number of hydrogen-bond donors (Lipinski definition) is 1. The Morgan fingerprint density at radius 3 is 2.44 bits per heavy atom. The van der Waals surface area contributed by atoms with E-state index in [1.54, 1.807) is 48.5 Å². The number of anilines is 1. The van der Waals surface area contributed by atoms with Crippen LogP contribution in [0.4, 0.5) is 19.1 Å². The Bertz CT molecular complexity index is 1400. The fraction of sp³-hybridized carbons (Fsp3) is 0.154. The number of allylic oxidation sites excluding steroid dienone is 1. The summed E-state index contributed by atoms with van der Waals surface area (Å²) in [5.41, 5.74) is 2.95. The van der Waals surface area contributed by atoms with E-state index in [0.29, 0.717) is 34.4 Å². The third-order valence-corrected chi connectivity index (χ3v) is 5.89. The zero-order valence-electron chi connectivity index (χ0n) is 19.0. The van der Waals surface area contributed by atoms with E-state index in [4.69, 9.17) is 21.1 Å². The first-order valence-corrected chi connectivity index (χ1v) is 11.3. The smallest absolute Gasteiger partial charge is 0.453 e. The molecule has 5 rings (SSSR count). The van der Waals surface area contributed by atoms with Gasteiger partial charge in [0, 0.05) is 10.7 Å². The van der Waals surface area contributed by atoms with Crippen LogP contribution in [0, 0.1) is 0 Å². The van der Waals surface area contributed by atoms with Crippen LogP contribution in [-0.2, 0) is 12.8 Å². The predicted octanol–water partition coefficient (Wildman–Crippen LogP) is 6.59. The number of halogens is 4. The van der Waals surface area contributed by atoms with E-state index in [2.05, 4.69) is 15.4 Å². The molecule has 0 spiro atoms. The number of alkyl halides is 3. The third kappa shape index (κ3) is 4.87. The molecule has 1 aliphatic heterocycles. The summed E-state index contributed by atoms with van der Waals surface area (Å²) in [4.78, 5) is 3.71. The molecule has 0 saturated heterocycles. The minimum Gasteiger partial charge on any atom is -0.493 e. The van der Waals surface area contributed by atoms with Gasteiger partial charge < -0.3 is 14.8 Å². The van der Waals surface area contributed by atoms with Crippen LogP contribution in [0.5, 0.6) is 11.5 Å². The van der Waals surface area contributed by atoms with Gasteiger partial charge in [-0.25, -0.2) is 4.68 Å². The van der Waals surface area contributed by atoms with Crippen molar-refractivity contribution >= 4 is 23.2 Å². The van der Waals surface area contributed by atoms with Crippen molar-refractivity contribution in [3.05, 3.63) is 106 Å². The summed E-state index contributed by atoms with van der Waals surface area (Å²) in [6, 6.07) is 21.2. The van der Waals surface area contributed by atoms with Crippen LogP contribution in [0.3, 0.4) is 0 Å². The van der Waals surface area contributed by atoms with Crippen molar-refractivity contribution in [2.75, 3.05) is 12.4 Å². The molecule has 0 bridgehead atoms. The molecule has 1 atom stereocenters. The molecule has 0 aliphatic carbocycles. The molecule has 3 aromatic carbocycles. The summed E-state index contributed by atoms with van der Waals surface area (Å²) in [5.74, 6) is -0.296. The van der Waals surface area contributed by atoms with Gasteiger partial charge in [-0.15, -0.1) is 5.10 Å². The maximum Gasteiger partial charge on any atom is 0.453 e. The van der Waals surface area contributed by atoms with Gasteiger partial charge >= 0.3 is 6.18 Å². The van der Waals surface area contributed by atoms with E-state index in [1.807, 2.05) is 30.3 Å². The van der Waals surface area contributed by atoms with Crippen molar-refractivity contribution in [3.8, 4) is 11.5 Å². The van der Waals surface area contributed by atoms with Gasteiger partial charge in [-0.1, -0.05) is 60.1 Å². The topological polar surface area (TPSA) is 61.2 Å². The molecular formula is C26H20ClF3N4O2. The third-order valence-electron chi connectivity index (χ3n) is 5.64. The zero-order valence-corrected chi connectivity index (χ0v) is 19.7. The van der Waals surface area contributed by atoms with Crippen LogP contribution in [0.25, 0.3) is 5.70 Å². The van der Waals surface area contributed by atoms with E-state index < -0.39 is 18.0 Å². The van der Waals surface area contributed by atoms with Gasteiger partial charge in [0.1, 0.15) is 12.6 Å². The Morgan fingerprint density at radius 1 is 1.00 bits per heavy atom. The summed E-state index contributed by atoms with van der Waals surface area (Å²) in [5, 5.41) is 7.26. The van der Waals surface area contributed by atoms with Gasteiger partial charge in [-0.05, 0) is 47.0 Å². The highest BCUT2D eigenvalue weighted by Gasteiger charge is 2.39. The van der Waals surface area contributed by atoms with Crippen LogP contribution in [0.15, 0.2) is 78.9 Å². The van der Waals surface area contributed by atoms with Gasteiger partial charge in [0.15, 0.2) is 11.5 Å². The molecule has 184 valence electrons. The monoisotopic (exact) mass is 512 g/mol. The summed E-state index contributed by atoms with van der Waals surface area (Å²) < 4.78 is 53.0. The van der Waals surface area contributed by atoms with Crippen molar-refractivity contribution in [2.24, 2.45) is 0 Å². The number of fused-ring (bicyclic) bond motifs is 1. The lowest BCUT2D eigenvalue weighted by Gasteiger charge is -2.25. The number of nitrogens with one attached hydrogen (secondary N) is 1. The van der Waals surface area contributed by atoms with Crippen LogP contribution in [-0.4, -0.2) is 21.9 Å². The molecule has 4 aromatic rings. The van der Waals surface area contributed by atoms with Gasteiger partial charge in [-0.3, -0.25) is 0 Å². The maximum absolute atomic E-state index is 13.4. The maximum atomic E-state index is 13.4. The number of benzene rings is 3. The van der Waals surface area contributed by atoms with Gasteiger partial charge in [-0.2, -0.15) is 18.2 Å². The minimum absolute atomic E-state index is 0.0249. The van der Waals surface area contributed by atoms with Gasteiger partial charge in [0.2, 0.25) is 5.95 Å². The molecule has 2 heterocycles. The molecule has 10 heteroatoms. The predicted molar refractivity (Wildman–Crippen MR) is 130 cm³/mol. The second-order valence-corrected chi connectivity index (χ2v) is 8.48. The Labute approximate surface area is 210 Å². The lowest BCUT2D eigenvalue weighted by Crippen LogP contribution is -2.20. The minimum atomic E-state index is -4.69. The first-order chi connectivity index (χ1) is 17.3. The summed E-state index contributed by atoms with van der Waals surface area (Å²) >= 11 is 6.01. The van der Waals surface area contributed by atoms with Crippen molar-refractivity contribution in [1.82, 2.24) is 14.8 Å². The zero-order chi connectivity index (χ0) is 25.3. The van der Waals surface area contributed by atoms with E-state index >= 15 is 0 Å². The average molecular weight is 513 g/mol. The summed E-state index contributed by atoms with van der Waals surface area (Å²) in [6.07, 6.45) is -2.91. The number of hydrogen-bond acceptors (Lipinski definition) is 5. The highest BCUT2D eigenvalue weighted by atomic mass is 35.5. The largest absolute Gasteiger partial charge is 0.493 e. The Morgan fingerprint density at radius 2 is 1.75 bits per heavy atom. The SMILES string of the molecule is COc1cc(C2C=C(c3ccc(Cl)cc3)Nc3nc(C(F)(F)F)nn32)ccc1OCc1ccccc1. The number of aromatic nitrogens is 3. The molecule has 0 fully saturated rings. The molecule has 1 N–H and O–H groups in total. The van der Waals surface area contributed by atoms with Crippen molar-refractivity contribution in [2.45, 2.75) is 18.8 Å². The van der Waals surface area contributed by atoms with Gasteiger partial charge in [0.25, 0.3) is 5.82 Å². The Hall–Kier alpha value is -3.98. The van der Waals surface area contributed by atoms with E-state index in [1.165, 1.54) is 11.8 Å². The van der Waals surface area contributed by atoms with Crippen LogP contribution in [0.1, 0.15) is 28.6 Å². The highest BCUT2D eigenvalue weighted by Crippen LogP contribution is 2.38. The van der Waals surface area contributed by atoms with Crippen LogP contribution < -0.4 is 14.8 Å². The molecule has 1 aromatic heterocycles. The van der Waals surface area contributed by atoms with E-state index in [9.17, 15) is 13.2 Å². The Kier molecular flexibility index (Phi) is 6.32. The van der Waals surface area contributed by atoms with Crippen molar-refractivity contribution in [3.63, 3.8) is 0 Å². The molecule has 1 aliphatic rings. The Balaban J connectivity index is 1.52. The molecule has 0 amide bonds. The van der Waals surface area contributed by atoms with Crippen LogP contribution >= 0.6 is 11.6 Å². The number of rotatable bonds is 6. The first kappa shape index (κ1) is 23.7. The van der Waals surface area contributed by atoms with Crippen LogP contribution in [0.2, 0.25) is 5.02 Å². The molecule has 0 saturated carbocycles. The summed E-state index contributed by atoms with van der Waals surface area (Å²) in [7, 11) is 1.51. The number of methoxy groups -OCH3 is 1. The highest BCUT2D eigenvalue weighted by molar-refractivity contribution is 6.30. The molecular weight excluding hydrogens is 493 g/mol. The van der Waals surface area contributed by atoms with E-state index in [-0.39, 0.29) is 5.95 Å². The average Bonchev–Trinajstić information content (AvgIpc) is 3.33.